The van der Waals surface area contributed by atoms with E-state index >= 15 is 0 Å². The van der Waals surface area contributed by atoms with Crippen LogP contribution in [-0.2, 0) is 0 Å². The first-order chi connectivity index (χ1) is 11.6. The fraction of sp³-hybridized carbons (Fsp3) is 0.118. The van der Waals surface area contributed by atoms with Crippen molar-refractivity contribution in [2.24, 2.45) is 0 Å². The summed E-state index contributed by atoms with van der Waals surface area (Å²) < 4.78 is 0. The summed E-state index contributed by atoms with van der Waals surface area (Å²) in [5.41, 5.74) is 1.98. The first-order valence-electron chi connectivity index (χ1n) is 7.42. The Balaban J connectivity index is 1.72. The highest BCUT2D eigenvalue weighted by Crippen LogP contribution is 2.20. The van der Waals surface area contributed by atoms with E-state index < -0.39 is 0 Å². The Morgan fingerprint density at radius 3 is 2.50 bits per heavy atom. The number of H-pyrrole nitrogens is 1. The number of hydrogen-bond donors (Lipinski definition) is 3. The lowest BCUT2D eigenvalue weighted by Crippen LogP contribution is -2.27. The molecule has 0 aliphatic heterocycles. The first-order valence-corrected chi connectivity index (χ1v) is 7.80. The Bertz CT molecular complexity index is 817. The van der Waals surface area contributed by atoms with Crippen LogP contribution in [0.5, 0.6) is 0 Å². The van der Waals surface area contributed by atoms with Crippen LogP contribution in [-0.4, -0.2) is 21.3 Å². The molecule has 0 saturated carbocycles. The van der Waals surface area contributed by atoms with Gasteiger partial charge in [-0.15, -0.1) is 10.2 Å². The quantitative estimate of drug-likeness (QED) is 0.661. The number of rotatable bonds is 5. The van der Waals surface area contributed by atoms with E-state index in [0.29, 0.717) is 10.8 Å². The Morgan fingerprint density at radius 2 is 1.79 bits per heavy atom. The molecule has 0 spiro atoms. The van der Waals surface area contributed by atoms with Crippen molar-refractivity contribution in [2.75, 3.05) is 5.32 Å². The van der Waals surface area contributed by atoms with Crippen LogP contribution >= 0.6 is 11.6 Å². The molecule has 3 rings (SSSR count). The summed E-state index contributed by atoms with van der Waals surface area (Å²) in [6.07, 6.45) is 0. The van der Waals surface area contributed by atoms with Crippen LogP contribution in [0.1, 0.15) is 29.0 Å². The molecule has 1 atom stereocenters. The molecule has 24 heavy (non-hydrogen) atoms. The molecule has 0 aliphatic carbocycles. The summed E-state index contributed by atoms with van der Waals surface area (Å²) in [5.74, 6) is 0.0478. The molecular formula is C17H16ClN5O. The molecule has 0 fully saturated rings. The predicted molar refractivity (Wildman–Crippen MR) is 93.4 cm³/mol. The monoisotopic (exact) mass is 341 g/mol. The summed E-state index contributed by atoms with van der Waals surface area (Å²) in [6, 6.07) is 16.7. The molecule has 2 aromatic carbocycles. The van der Waals surface area contributed by atoms with Crippen molar-refractivity contribution < 1.29 is 4.79 Å². The average molecular weight is 342 g/mol. The number of carbonyl (C=O) groups excluding carboxylic acids is 1. The van der Waals surface area contributed by atoms with E-state index in [4.69, 9.17) is 11.6 Å². The van der Waals surface area contributed by atoms with Crippen LogP contribution in [0.3, 0.4) is 0 Å². The van der Waals surface area contributed by atoms with Gasteiger partial charge in [-0.05, 0) is 36.8 Å². The molecule has 0 radical (unpaired) electrons. The molecule has 0 bridgehead atoms. The van der Waals surface area contributed by atoms with Crippen molar-refractivity contribution in [1.82, 2.24) is 20.7 Å². The largest absolute Gasteiger partial charge is 0.344 e. The normalized spacial score (nSPS) is 11.8. The minimum atomic E-state index is -0.309. The number of benzene rings is 2. The van der Waals surface area contributed by atoms with Crippen LogP contribution in [0.15, 0.2) is 54.6 Å². The van der Waals surface area contributed by atoms with Gasteiger partial charge in [0.2, 0.25) is 0 Å². The number of anilines is 2. The van der Waals surface area contributed by atoms with Crippen LogP contribution in [0.2, 0.25) is 5.02 Å². The molecule has 1 heterocycles. The molecule has 1 unspecified atom stereocenters. The van der Waals surface area contributed by atoms with E-state index in [0.717, 1.165) is 11.3 Å². The average Bonchev–Trinajstić information content (AvgIpc) is 3.06. The molecule has 122 valence electrons. The highest BCUT2D eigenvalue weighted by Gasteiger charge is 2.19. The maximum absolute atomic E-state index is 12.5. The first kappa shape index (κ1) is 16.0. The Hall–Kier alpha value is -2.86. The van der Waals surface area contributed by atoms with Gasteiger partial charge in [-0.1, -0.05) is 41.9 Å². The molecule has 3 N–H and O–H groups in total. The van der Waals surface area contributed by atoms with Crippen molar-refractivity contribution in [3.8, 4) is 0 Å². The predicted octanol–water partition coefficient (Wildman–Crippen LogP) is 3.69. The van der Waals surface area contributed by atoms with E-state index in [9.17, 15) is 4.79 Å². The molecule has 1 aromatic heterocycles. The number of hydrogen-bond acceptors (Lipinski definition) is 4. The summed E-state index contributed by atoms with van der Waals surface area (Å²) in [5, 5.41) is 17.0. The zero-order chi connectivity index (χ0) is 16.9. The van der Waals surface area contributed by atoms with E-state index in [1.807, 2.05) is 37.3 Å². The maximum atomic E-state index is 12.5. The Morgan fingerprint density at radius 1 is 1.08 bits per heavy atom. The second-order valence-electron chi connectivity index (χ2n) is 5.26. The SMILES string of the molecule is CC(NC(=O)c1n[nH]nc1Nc1ccc(Cl)cc1)c1ccccc1. The number of nitrogens with zero attached hydrogens (tertiary/aromatic N) is 2. The zero-order valence-electron chi connectivity index (χ0n) is 13.0. The van der Waals surface area contributed by atoms with Crippen LogP contribution in [0.25, 0.3) is 0 Å². The smallest absolute Gasteiger partial charge is 0.276 e. The number of nitrogens with one attached hydrogen (secondary N) is 3. The summed E-state index contributed by atoms with van der Waals surface area (Å²) in [6.45, 7) is 1.92. The summed E-state index contributed by atoms with van der Waals surface area (Å²) in [7, 11) is 0. The minimum Gasteiger partial charge on any atom is -0.344 e. The van der Waals surface area contributed by atoms with Gasteiger partial charge in [0, 0.05) is 10.7 Å². The van der Waals surface area contributed by atoms with Gasteiger partial charge in [0.1, 0.15) is 0 Å². The van der Waals surface area contributed by atoms with Crippen molar-refractivity contribution in [2.45, 2.75) is 13.0 Å². The number of carbonyl (C=O) groups is 1. The fourth-order valence-corrected chi connectivity index (χ4v) is 2.36. The standard InChI is InChI=1S/C17H16ClN5O/c1-11(12-5-3-2-4-6-12)19-17(24)15-16(22-23-21-15)20-14-9-7-13(18)8-10-14/h2-11H,1H3,(H,19,24)(H2,20,21,22,23). The number of aromatic nitrogens is 3. The molecule has 0 aliphatic rings. The second kappa shape index (κ2) is 7.14. The second-order valence-corrected chi connectivity index (χ2v) is 5.69. The van der Waals surface area contributed by atoms with Crippen LogP contribution < -0.4 is 10.6 Å². The topological polar surface area (TPSA) is 82.7 Å². The van der Waals surface area contributed by atoms with Crippen molar-refractivity contribution in [3.63, 3.8) is 0 Å². The van der Waals surface area contributed by atoms with Gasteiger partial charge in [0.05, 0.1) is 6.04 Å². The van der Waals surface area contributed by atoms with Gasteiger partial charge < -0.3 is 10.6 Å². The van der Waals surface area contributed by atoms with Gasteiger partial charge in [-0.25, -0.2) is 0 Å². The van der Waals surface area contributed by atoms with Crippen molar-refractivity contribution in [1.29, 1.82) is 0 Å². The van der Waals surface area contributed by atoms with Gasteiger partial charge in [0.15, 0.2) is 11.5 Å². The van der Waals surface area contributed by atoms with Gasteiger partial charge in [-0.3, -0.25) is 4.79 Å². The maximum Gasteiger partial charge on any atom is 0.276 e. The molecular weight excluding hydrogens is 326 g/mol. The third kappa shape index (κ3) is 3.72. The lowest BCUT2D eigenvalue weighted by Gasteiger charge is -2.13. The molecule has 6 nitrogen and oxygen atoms in total. The number of halogens is 1. The minimum absolute atomic E-state index is 0.140. The van der Waals surface area contributed by atoms with Gasteiger partial charge >= 0.3 is 0 Å². The van der Waals surface area contributed by atoms with Crippen molar-refractivity contribution >= 4 is 29.0 Å². The molecule has 3 aromatic rings. The van der Waals surface area contributed by atoms with E-state index in [-0.39, 0.29) is 17.6 Å². The highest BCUT2D eigenvalue weighted by atomic mass is 35.5. The summed E-state index contributed by atoms with van der Waals surface area (Å²) >= 11 is 5.86. The molecule has 0 saturated heterocycles. The van der Waals surface area contributed by atoms with E-state index in [2.05, 4.69) is 26.0 Å². The lowest BCUT2D eigenvalue weighted by atomic mass is 10.1. The van der Waals surface area contributed by atoms with Crippen molar-refractivity contribution in [3.05, 3.63) is 70.9 Å². The number of amides is 1. The van der Waals surface area contributed by atoms with Crippen LogP contribution in [0.4, 0.5) is 11.5 Å². The number of aromatic amines is 1. The third-order valence-corrected chi connectivity index (χ3v) is 3.77. The molecule has 1 amide bonds. The van der Waals surface area contributed by atoms with Gasteiger partial charge in [0.25, 0.3) is 5.91 Å². The van der Waals surface area contributed by atoms with Gasteiger partial charge in [-0.2, -0.15) is 5.21 Å². The summed E-state index contributed by atoms with van der Waals surface area (Å²) in [4.78, 5) is 12.5. The Labute approximate surface area is 144 Å². The zero-order valence-corrected chi connectivity index (χ0v) is 13.7. The fourth-order valence-electron chi connectivity index (χ4n) is 2.24. The lowest BCUT2D eigenvalue weighted by molar-refractivity contribution is 0.0935. The highest BCUT2D eigenvalue weighted by molar-refractivity contribution is 6.30. The van der Waals surface area contributed by atoms with E-state index in [1.54, 1.807) is 24.3 Å². The Kier molecular flexibility index (Phi) is 4.77. The van der Waals surface area contributed by atoms with E-state index in [1.165, 1.54) is 0 Å². The van der Waals surface area contributed by atoms with Crippen LogP contribution in [0, 0.1) is 0 Å². The molecule has 7 heteroatoms. The third-order valence-electron chi connectivity index (χ3n) is 3.52.